The van der Waals surface area contributed by atoms with E-state index in [0.717, 1.165) is 0 Å². The normalized spacial score (nSPS) is 11.6. The molecule has 0 aliphatic rings. The van der Waals surface area contributed by atoms with Crippen LogP contribution in [0.15, 0.2) is 68.2 Å². The summed E-state index contributed by atoms with van der Waals surface area (Å²) in [5.74, 6) is -0.307. The van der Waals surface area contributed by atoms with Crippen molar-refractivity contribution in [2.24, 2.45) is 0 Å². The second-order valence-electron chi connectivity index (χ2n) is 7.86. The van der Waals surface area contributed by atoms with Crippen molar-refractivity contribution in [2.45, 2.75) is 0 Å². The SMILES string of the molecule is COc1cc(-c2oc3cc(=O)cc4oc(-c5ccc(OS(=O)(=O)O)cc5)cc(c2O)c43)cc(OC)c1O. The van der Waals surface area contributed by atoms with Gasteiger partial charge in [-0.15, -0.1) is 0 Å². The highest BCUT2D eigenvalue weighted by Crippen LogP contribution is 2.46. The third-order valence-electron chi connectivity index (χ3n) is 5.57. The maximum atomic E-state index is 12.4. The molecule has 0 saturated heterocycles. The van der Waals surface area contributed by atoms with Crippen LogP contribution in [0.3, 0.4) is 0 Å². The molecule has 0 saturated carbocycles. The summed E-state index contributed by atoms with van der Waals surface area (Å²) in [6, 6.07) is 12.4. The van der Waals surface area contributed by atoms with Gasteiger partial charge in [0.15, 0.2) is 28.4 Å². The van der Waals surface area contributed by atoms with Crippen molar-refractivity contribution in [3.8, 4) is 51.4 Å². The van der Waals surface area contributed by atoms with Crippen LogP contribution in [0.5, 0.6) is 28.7 Å². The van der Waals surface area contributed by atoms with Crippen molar-refractivity contribution < 1.29 is 45.7 Å². The summed E-state index contributed by atoms with van der Waals surface area (Å²) < 4.78 is 57.4. The van der Waals surface area contributed by atoms with Gasteiger partial charge in [-0.05, 0) is 42.5 Å². The van der Waals surface area contributed by atoms with Crippen LogP contribution < -0.4 is 19.1 Å². The number of benzene rings is 3. The van der Waals surface area contributed by atoms with Gasteiger partial charge in [0.2, 0.25) is 5.75 Å². The van der Waals surface area contributed by atoms with Crippen LogP contribution in [0.2, 0.25) is 0 Å². The molecule has 0 amide bonds. The molecule has 3 aromatic carbocycles. The van der Waals surface area contributed by atoms with Crippen LogP contribution >= 0.6 is 0 Å². The Kier molecular flexibility index (Phi) is 5.69. The number of rotatable bonds is 6. The second-order valence-corrected chi connectivity index (χ2v) is 8.89. The van der Waals surface area contributed by atoms with Gasteiger partial charge in [-0.2, -0.15) is 8.42 Å². The molecule has 0 bridgehead atoms. The molecule has 0 aliphatic heterocycles. The van der Waals surface area contributed by atoms with Gasteiger partial charge >= 0.3 is 10.4 Å². The highest BCUT2D eigenvalue weighted by molar-refractivity contribution is 7.81. The zero-order chi connectivity index (χ0) is 26.5. The van der Waals surface area contributed by atoms with Crippen molar-refractivity contribution in [3.05, 3.63) is 64.8 Å². The van der Waals surface area contributed by atoms with Gasteiger partial charge in [0.25, 0.3) is 0 Å². The smallest absolute Gasteiger partial charge is 0.446 e. The summed E-state index contributed by atoms with van der Waals surface area (Å²) in [6.45, 7) is 0. The van der Waals surface area contributed by atoms with Gasteiger partial charge in [-0.1, -0.05) is 0 Å². The highest BCUT2D eigenvalue weighted by atomic mass is 32.3. The Bertz CT molecular complexity index is 1810. The van der Waals surface area contributed by atoms with Crippen molar-refractivity contribution in [3.63, 3.8) is 0 Å². The monoisotopic (exact) mass is 526 g/mol. The Morgan fingerprint density at radius 3 is 1.95 bits per heavy atom. The molecule has 190 valence electrons. The van der Waals surface area contributed by atoms with Gasteiger partial charge in [-0.3, -0.25) is 9.35 Å². The molecular formula is C25H18O11S. The van der Waals surface area contributed by atoms with Crippen molar-refractivity contribution in [2.75, 3.05) is 14.2 Å². The lowest BCUT2D eigenvalue weighted by atomic mass is 10.0. The van der Waals surface area contributed by atoms with Gasteiger partial charge < -0.3 is 32.7 Å². The van der Waals surface area contributed by atoms with E-state index in [1.54, 1.807) is 0 Å². The Morgan fingerprint density at radius 2 is 1.38 bits per heavy atom. The minimum absolute atomic E-state index is 0.0231. The standard InChI is InChI=1S/C25H18O11S/c1-32-20-7-13(8-21(33-2)24(20)28)25-23(27)16-11-17(12-3-5-15(6-4-12)36-37(29,30)31)34-18-9-14(26)10-19(35-25)22(16)18/h3-11,27-28H,1-2H3,(H,29,30,31). The fourth-order valence-corrected chi connectivity index (χ4v) is 4.32. The van der Waals surface area contributed by atoms with Crippen molar-refractivity contribution in [1.82, 2.24) is 0 Å². The average Bonchev–Trinajstić information content (AvgIpc) is 2.85. The molecule has 0 spiro atoms. The van der Waals surface area contributed by atoms with E-state index in [1.807, 2.05) is 0 Å². The number of hydrogen-bond acceptors (Lipinski definition) is 10. The molecule has 3 N–H and O–H groups in total. The van der Waals surface area contributed by atoms with Crippen LogP contribution in [-0.4, -0.2) is 37.4 Å². The molecule has 0 radical (unpaired) electrons. The van der Waals surface area contributed by atoms with E-state index in [-0.39, 0.29) is 56.8 Å². The predicted octanol–water partition coefficient (Wildman–Crippen LogP) is 4.48. The Labute approximate surface area is 208 Å². The largest absolute Gasteiger partial charge is 0.504 e. The Balaban J connectivity index is 1.75. The average molecular weight is 526 g/mol. The molecule has 5 aromatic rings. The lowest BCUT2D eigenvalue weighted by molar-refractivity contribution is 0.340. The van der Waals surface area contributed by atoms with Gasteiger partial charge in [0, 0.05) is 28.6 Å². The molecule has 0 fully saturated rings. The molecule has 0 unspecified atom stereocenters. The number of methoxy groups -OCH3 is 2. The number of phenolic OH excluding ortho intramolecular Hbond substituents is 1. The first-order valence-electron chi connectivity index (χ1n) is 10.5. The first kappa shape index (κ1) is 24.0. The second kappa shape index (κ2) is 8.76. The Morgan fingerprint density at radius 1 is 0.784 bits per heavy atom. The summed E-state index contributed by atoms with van der Waals surface area (Å²) in [5, 5.41) is 22.2. The maximum Gasteiger partial charge on any atom is 0.446 e. The van der Waals surface area contributed by atoms with Crippen molar-refractivity contribution in [1.29, 1.82) is 0 Å². The summed E-state index contributed by atoms with van der Waals surface area (Å²) in [7, 11) is -1.98. The van der Waals surface area contributed by atoms with Crippen LogP contribution in [0.4, 0.5) is 0 Å². The molecule has 37 heavy (non-hydrogen) atoms. The molecule has 2 heterocycles. The van der Waals surface area contributed by atoms with Crippen LogP contribution in [-0.2, 0) is 10.4 Å². The number of hydrogen-bond donors (Lipinski definition) is 3. The number of phenols is 1. The fraction of sp³-hybridized carbons (Fsp3) is 0.0800. The molecule has 2 aromatic heterocycles. The minimum Gasteiger partial charge on any atom is -0.504 e. The maximum absolute atomic E-state index is 12.4. The molecule has 5 rings (SSSR count). The lowest BCUT2D eigenvalue weighted by Crippen LogP contribution is -2.06. The minimum atomic E-state index is -4.69. The van der Waals surface area contributed by atoms with Gasteiger partial charge in [-0.25, -0.2) is 0 Å². The number of aromatic hydroxyl groups is 2. The van der Waals surface area contributed by atoms with E-state index in [2.05, 4.69) is 4.18 Å². The zero-order valence-corrected chi connectivity index (χ0v) is 20.0. The topological polar surface area (TPSA) is 166 Å². The first-order chi connectivity index (χ1) is 17.6. The number of ether oxygens (including phenoxy) is 2. The van der Waals surface area contributed by atoms with Gasteiger partial charge in [0.1, 0.15) is 22.7 Å². The molecule has 11 nitrogen and oxygen atoms in total. The van der Waals surface area contributed by atoms with E-state index in [1.165, 1.54) is 68.8 Å². The predicted molar refractivity (Wildman–Crippen MR) is 132 cm³/mol. The fourth-order valence-electron chi connectivity index (χ4n) is 3.97. The summed E-state index contributed by atoms with van der Waals surface area (Å²) >= 11 is 0. The van der Waals surface area contributed by atoms with E-state index < -0.39 is 15.8 Å². The summed E-state index contributed by atoms with van der Waals surface area (Å²) in [6.07, 6.45) is 0. The molecular weight excluding hydrogens is 508 g/mol. The first-order valence-corrected chi connectivity index (χ1v) is 11.9. The van der Waals surface area contributed by atoms with E-state index >= 15 is 0 Å². The Hall–Kier alpha value is -4.68. The van der Waals surface area contributed by atoms with Gasteiger partial charge in [0.05, 0.1) is 19.6 Å². The van der Waals surface area contributed by atoms with Crippen molar-refractivity contribution >= 4 is 32.3 Å². The molecule has 12 heteroatoms. The zero-order valence-electron chi connectivity index (χ0n) is 19.2. The molecule has 0 atom stereocenters. The third kappa shape index (κ3) is 4.39. The summed E-state index contributed by atoms with van der Waals surface area (Å²) in [4.78, 5) is 12.4. The quantitative estimate of drug-likeness (QED) is 0.267. The van der Waals surface area contributed by atoms with E-state index in [9.17, 15) is 23.4 Å². The lowest BCUT2D eigenvalue weighted by Gasteiger charge is -2.15. The molecule has 0 aliphatic carbocycles. The van der Waals surface area contributed by atoms with Crippen LogP contribution in [0.1, 0.15) is 0 Å². The highest BCUT2D eigenvalue weighted by Gasteiger charge is 2.22. The van der Waals surface area contributed by atoms with Crippen LogP contribution in [0, 0.1) is 0 Å². The van der Waals surface area contributed by atoms with E-state index in [0.29, 0.717) is 16.5 Å². The van der Waals surface area contributed by atoms with Crippen LogP contribution in [0.25, 0.3) is 44.6 Å². The van der Waals surface area contributed by atoms with E-state index in [4.69, 9.17) is 22.9 Å². The third-order valence-corrected chi connectivity index (χ3v) is 5.97. The summed E-state index contributed by atoms with van der Waals surface area (Å²) in [5.41, 5.74) is 0.622.